The van der Waals surface area contributed by atoms with E-state index in [0.29, 0.717) is 16.3 Å². The minimum Gasteiger partial charge on any atom is -0.372 e. The second-order valence-corrected chi connectivity index (χ2v) is 6.47. The molecule has 0 saturated carbocycles. The van der Waals surface area contributed by atoms with Crippen LogP contribution in [0.2, 0.25) is 0 Å². The summed E-state index contributed by atoms with van der Waals surface area (Å²) in [4.78, 5) is 2.40. The van der Waals surface area contributed by atoms with E-state index in [-0.39, 0.29) is 0 Å². The van der Waals surface area contributed by atoms with Gasteiger partial charge in [-0.2, -0.15) is 9.64 Å². The minimum absolute atomic E-state index is 0.509. The van der Waals surface area contributed by atoms with Gasteiger partial charge in [-0.25, -0.2) is 0 Å². The number of aromatic nitrogens is 1. The van der Waals surface area contributed by atoms with Gasteiger partial charge in [0.2, 0.25) is 0 Å². The fraction of sp³-hybridized carbons (Fsp3) is 0.444. The number of hydrogen-bond donors (Lipinski definition) is 0. The van der Waals surface area contributed by atoms with Crippen molar-refractivity contribution in [2.75, 3.05) is 18.0 Å². The van der Waals surface area contributed by atoms with Crippen LogP contribution in [0, 0.1) is 25.2 Å². The molecule has 1 aromatic heterocycles. The van der Waals surface area contributed by atoms with Crippen molar-refractivity contribution < 1.29 is 0 Å². The monoisotopic (exact) mass is 341 g/mol. The summed E-state index contributed by atoms with van der Waals surface area (Å²) in [6.07, 6.45) is 2.25. The lowest BCUT2D eigenvalue weighted by Gasteiger charge is -2.24. The van der Waals surface area contributed by atoms with Gasteiger partial charge < -0.3 is 4.90 Å². The van der Waals surface area contributed by atoms with Crippen molar-refractivity contribution in [2.45, 2.75) is 40.5 Å². The first-order chi connectivity index (χ1) is 11.6. The molecule has 0 N–H and O–H groups in total. The summed E-state index contributed by atoms with van der Waals surface area (Å²) in [5.41, 5.74) is 4.34. The van der Waals surface area contributed by atoms with Gasteiger partial charge in [0.15, 0.2) is 5.00 Å². The van der Waals surface area contributed by atoms with Crippen molar-refractivity contribution in [3.8, 4) is 6.07 Å². The van der Waals surface area contributed by atoms with Gasteiger partial charge in [0.1, 0.15) is 11.6 Å². The third-order valence-electron chi connectivity index (χ3n) is 3.74. The molecule has 0 fully saturated rings. The summed E-state index contributed by atoms with van der Waals surface area (Å²) in [6, 6.07) is 8.38. The Kier molecular flexibility index (Phi) is 6.44. The average Bonchev–Trinajstić information content (AvgIpc) is 2.93. The zero-order valence-corrected chi connectivity index (χ0v) is 15.5. The van der Waals surface area contributed by atoms with Gasteiger partial charge in [-0.1, -0.05) is 13.8 Å². The predicted molar refractivity (Wildman–Crippen MR) is 99.7 cm³/mol. The number of benzene rings is 1. The van der Waals surface area contributed by atoms with E-state index in [4.69, 9.17) is 5.26 Å². The van der Waals surface area contributed by atoms with E-state index in [0.717, 1.165) is 37.2 Å². The molecule has 0 atom stereocenters. The van der Waals surface area contributed by atoms with E-state index in [1.807, 2.05) is 19.9 Å². The highest BCUT2D eigenvalue weighted by Gasteiger charge is 2.10. The highest BCUT2D eigenvalue weighted by molar-refractivity contribution is 7.10. The van der Waals surface area contributed by atoms with Gasteiger partial charge in [0.05, 0.1) is 11.4 Å². The Morgan fingerprint density at radius 1 is 1.17 bits per heavy atom. The summed E-state index contributed by atoms with van der Waals surface area (Å²) in [7, 11) is 0. The molecule has 0 saturated heterocycles. The van der Waals surface area contributed by atoms with Crippen molar-refractivity contribution >= 4 is 27.9 Å². The summed E-state index contributed by atoms with van der Waals surface area (Å²) >= 11 is 1.21. The van der Waals surface area contributed by atoms with Crippen molar-refractivity contribution in [1.29, 1.82) is 5.26 Å². The van der Waals surface area contributed by atoms with Gasteiger partial charge in [0, 0.05) is 18.8 Å². The molecule has 1 heterocycles. The molecule has 0 spiro atoms. The van der Waals surface area contributed by atoms with E-state index >= 15 is 0 Å². The van der Waals surface area contributed by atoms with Gasteiger partial charge in [0.25, 0.3) is 0 Å². The summed E-state index contributed by atoms with van der Waals surface area (Å²) < 4.78 is 4.16. The van der Waals surface area contributed by atoms with E-state index < -0.39 is 0 Å². The van der Waals surface area contributed by atoms with Crippen LogP contribution in [0.5, 0.6) is 0 Å². The molecule has 0 bridgehead atoms. The number of rotatable bonds is 7. The van der Waals surface area contributed by atoms with E-state index in [2.05, 4.69) is 51.6 Å². The Balaban J connectivity index is 2.23. The zero-order chi connectivity index (χ0) is 17.5. The average molecular weight is 341 g/mol. The highest BCUT2D eigenvalue weighted by atomic mass is 32.1. The maximum Gasteiger partial charge on any atom is 0.176 e. The van der Waals surface area contributed by atoms with Crippen LogP contribution in [0.3, 0.4) is 0 Å². The van der Waals surface area contributed by atoms with Crippen LogP contribution in [0.15, 0.2) is 28.4 Å². The van der Waals surface area contributed by atoms with Gasteiger partial charge in [-0.3, -0.25) is 0 Å². The minimum atomic E-state index is 0.509. The number of nitriles is 1. The van der Waals surface area contributed by atoms with Gasteiger partial charge in [-0.15, -0.1) is 10.2 Å². The summed E-state index contributed by atoms with van der Waals surface area (Å²) in [5, 5.41) is 18.3. The van der Waals surface area contributed by atoms with Crippen LogP contribution in [-0.2, 0) is 0 Å². The Hall–Kier alpha value is -2.26. The Labute approximate surface area is 147 Å². The molecule has 24 heavy (non-hydrogen) atoms. The quantitative estimate of drug-likeness (QED) is 0.609. The Morgan fingerprint density at radius 2 is 1.88 bits per heavy atom. The molecule has 5 nitrogen and oxygen atoms in total. The molecule has 2 aromatic rings. The second-order valence-electron chi connectivity index (χ2n) is 5.72. The number of aryl methyl sites for hydroxylation is 2. The van der Waals surface area contributed by atoms with Gasteiger partial charge in [-0.05, 0) is 62.0 Å². The lowest BCUT2D eigenvalue weighted by Crippen LogP contribution is -2.24. The molecule has 0 radical (unpaired) electrons. The van der Waals surface area contributed by atoms with Gasteiger partial charge >= 0.3 is 0 Å². The molecule has 0 unspecified atom stereocenters. The fourth-order valence-corrected chi connectivity index (χ4v) is 3.19. The molecule has 0 amide bonds. The van der Waals surface area contributed by atoms with Crippen molar-refractivity contribution in [1.82, 2.24) is 4.37 Å². The van der Waals surface area contributed by atoms with Crippen LogP contribution < -0.4 is 4.90 Å². The van der Waals surface area contributed by atoms with E-state index in [1.165, 1.54) is 17.2 Å². The number of nitrogens with zero attached hydrogens (tertiary/aromatic N) is 5. The summed E-state index contributed by atoms with van der Waals surface area (Å²) in [6.45, 7) is 10.4. The molecule has 0 aliphatic rings. The fourth-order valence-electron chi connectivity index (χ4n) is 2.51. The van der Waals surface area contributed by atoms with Crippen molar-refractivity contribution in [3.05, 3.63) is 35.0 Å². The topological polar surface area (TPSA) is 64.6 Å². The van der Waals surface area contributed by atoms with Crippen LogP contribution in [0.25, 0.3) is 0 Å². The maximum absolute atomic E-state index is 9.15. The van der Waals surface area contributed by atoms with E-state index in [1.54, 1.807) is 0 Å². The largest absolute Gasteiger partial charge is 0.372 e. The van der Waals surface area contributed by atoms with Crippen molar-refractivity contribution in [3.63, 3.8) is 0 Å². The SMILES string of the molecule is CCCN(CCC)c1ccc(N=Nc2snc(C)c2C#N)c(C)c1. The summed E-state index contributed by atoms with van der Waals surface area (Å²) in [5.74, 6) is 0. The Bertz CT molecular complexity index is 751. The maximum atomic E-state index is 9.15. The molecular formula is C18H23N5S. The highest BCUT2D eigenvalue weighted by Crippen LogP contribution is 2.31. The molecular weight excluding hydrogens is 318 g/mol. The molecule has 1 aromatic carbocycles. The predicted octanol–water partition coefficient (Wildman–Crippen LogP) is 5.67. The zero-order valence-electron chi connectivity index (χ0n) is 14.7. The standard InChI is InChI=1S/C18H23N5S/c1-5-9-23(10-6-2)15-7-8-17(13(3)11-15)20-21-18-16(12-19)14(4)22-24-18/h7-8,11H,5-6,9-10H2,1-4H3. The lowest BCUT2D eigenvalue weighted by atomic mass is 10.1. The Morgan fingerprint density at radius 3 is 2.46 bits per heavy atom. The third kappa shape index (κ3) is 4.18. The smallest absolute Gasteiger partial charge is 0.176 e. The molecule has 0 aliphatic carbocycles. The van der Waals surface area contributed by atoms with Crippen molar-refractivity contribution in [2.24, 2.45) is 10.2 Å². The third-order valence-corrected chi connectivity index (χ3v) is 4.56. The molecule has 6 heteroatoms. The lowest BCUT2D eigenvalue weighted by molar-refractivity contribution is 0.744. The number of hydrogen-bond acceptors (Lipinski definition) is 6. The van der Waals surface area contributed by atoms with Crippen LogP contribution >= 0.6 is 11.5 Å². The van der Waals surface area contributed by atoms with Crippen LogP contribution in [0.1, 0.15) is 43.5 Å². The van der Waals surface area contributed by atoms with Crippen LogP contribution in [0.4, 0.5) is 16.4 Å². The first-order valence-corrected chi connectivity index (χ1v) is 9.01. The molecule has 126 valence electrons. The second kappa shape index (κ2) is 8.55. The first kappa shape index (κ1) is 18.1. The molecule has 0 aliphatic heterocycles. The number of azo groups is 1. The normalized spacial score (nSPS) is 11.0. The van der Waals surface area contributed by atoms with Crippen LogP contribution in [-0.4, -0.2) is 17.5 Å². The van der Waals surface area contributed by atoms with E-state index in [9.17, 15) is 0 Å². The first-order valence-electron chi connectivity index (χ1n) is 8.24. The molecule has 2 rings (SSSR count). The number of anilines is 1.